The maximum atomic E-state index is 11.9. The van der Waals surface area contributed by atoms with Crippen molar-refractivity contribution in [2.75, 3.05) is 10.5 Å². The molecule has 0 saturated carbocycles. The van der Waals surface area contributed by atoms with Crippen molar-refractivity contribution in [3.05, 3.63) is 36.7 Å². The molecule has 2 aromatic rings. The number of nitrogens with one attached hydrogen (secondary N) is 1. The quantitative estimate of drug-likeness (QED) is 0.809. The Labute approximate surface area is 97.8 Å². The first-order chi connectivity index (χ1) is 8.09. The minimum Gasteiger partial charge on any atom is -0.383 e. The molecule has 2 rings (SSSR count). The highest BCUT2D eigenvalue weighted by Crippen LogP contribution is 2.17. The van der Waals surface area contributed by atoms with Gasteiger partial charge in [0.05, 0.1) is 0 Å². The second-order valence-corrected chi connectivity index (χ2v) is 4.75. The average Bonchev–Trinajstić information content (AvgIpc) is 2.30. The Morgan fingerprint density at radius 2 is 1.94 bits per heavy atom. The van der Waals surface area contributed by atoms with Crippen LogP contribution >= 0.6 is 0 Å². The molecule has 17 heavy (non-hydrogen) atoms. The summed E-state index contributed by atoms with van der Waals surface area (Å²) in [4.78, 5) is 3.62. The summed E-state index contributed by atoms with van der Waals surface area (Å²) in [6, 6.07) is 5.90. The maximum absolute atomic E-state index is 11.9. The Balaban J connectivity index is 2.36. The predicted molar refractivity (Wildman–Crippen MR) is 61.5 cm³/mol. The first-order valence-electron chi connectivity index (χ1n) is 4.60. The fourth-order valence-electron chi connectivity index (χ4n) is 1.18. The number of aromatic nitrogens is 3. The molecule has 7 nitrogen and oxygen atoms in total. The van der Waals surface area contributed by atoms with Gasteiger partial charge >= 0.3 is 0 Å². The molecule has 0 aliphatic rings. The zero-order valence-electron chi connectivity index (χ0n) is 8.61. The molecular weight excluding hydrogens is 242 g/mol. The van der Waals surface area contributed by atoms with E-state index in [4.69, 9.17) is 5.73 Å². The van der Waals surface area contributed by atoms with E-state index in [1.807, 2.05) is 0 Å². The van der Waals surface area contributed by atoms with Crippen molar-refractivity contribution in [3.8, 4) is 0 Å². The van der Waals surface area contributed by atoms with Gasteiger partial charge in [-0.1, -0.05) is 0 Å². The van der Waals surface area contributed by atoms with Gasteiger partial charge in [-0.15, -0.1) is 5.10 Å². The highest BCUT2D eigenvalue weighted by Gasteiger charge is 2.18. The summed E-state index contributed by atoms with van der Waals surface area (Å²) in [5, 5.41) is 7.18. The number of nitrogens with zero attached hydrogens (tertiary/aromatic N) is 3. The van der Waals surface area contributed by atoms with Crippen molar-refractivity contribution in [1.29, 1.82) is 0 Å². The summed E-state index contributed by atoms with van der Waals surface area (Å²) in [6.45, 7) is 0. The lowest BCUT2D eigenvalue weighted by Gasteiger charge is -2.07. The van der Waals surface area contributed by atoms with Crippen molar-refractivity contribution >= 4 is 21.7 Å². The predicted octanol–water partition coefficient (Wildman–Crippen LogP) is 0.255. The Morgan fingerprint density at radius 3 is 2.59 bits per heavy atom. The van der Waals surface area contributed by atoms with Crippen molar-refractivity contribution < 1.29 is 8.42 Å². The summed E-state index contributed by atoms with van der Waals surface area (Å²) in [5.41, 5.74) is 5.49. The number of nitrogens with two attached hydrogens (primary N) is 1. The van der Waals surface area contributed by atoms with E-state index in [-0.39, 0.29) is 16.5 Å². The Kier molecular flexibility index (Phi) is 2.88. The van der Waals surface area contributed by atoms with Gasteiger partial charge in [0, 0.05) is 12.4 Å². The molecule has 88 valence electrons. The zero-order chi connectivity index (χ0) is 12.3. The molecule has 2 aromatic heterocycles. The molecule has 0 amide bonds. The van der Waals surface area contributed by atoms with Crippen molar-refractivity contribution in [2.45, 2.75) is 4.90 Å². The van der Waals surface area contributed by atoms with Crippen LogP contribution in [0.2, 0.25) is 0 Å². The molecule has 0 aromatic carbocycles. The van der Waals surface area contributed by atoms with Crippen LogP contribution in [-0.2, 0) is 10.0 Å². The minimum atomic E-state index is -3.78. The number of rotatable bonds is 3. The molecule has 3 N–H and O–H groups in total. The van der Waals surface area contributed by atoms with E-state index in [2.05, 4.69) is 19.9 Å². The monoisotopic (exact) mass is 251 g/mol. The van der Waals surface area contributed by atoms with E-state index in [0.717, 1.165) is 0 Å². The molecule has 0 atom stereocenters. The molecule has 0 fully saturated rings. The van der Waals surface area contributed by atoms with Gasteiger partial charge in [0.25, 0.3) is 10.0 Å². The van der Waals surface area contributed by atoms with Crippen LogP contribution in [0.4, 0.5) is 11.6 Å². The molecule has 0 bridgehead atoms. The van der Waals surface area contributed by atoms with E-state index in [1.54, 1.807) is 6.07 Å². The van der Waals surface area contributed by atoms with E-state index < -0.39 is 10.0 Å². The van der Waals surface area contributed by atoms with E-state index in [1.165, 1.54) is 30.6 Å². The third kappa shape index (κ3) is 2.48. The van der Waals surface area contributed by atoms with E-state index in [9.17, 15) is 8.42 Å². The van der Waals surface area contributed by atoms with Gasteiger partial charge < -0.3 is 5.73 Å². The van der Waals surface area contributed by atoms with Crippen LogP contribution in [0.15, 0.2) is 41.6 Å². The normalized spacial score (nSPS) is 11.1. The Morgan fingerprint density at radius 1 is 1.18 bits per heavy atom. The molecule has 0 unspecified atom stereocenters. The summed E-state index contributed by atoms with van der Waals surface area (Å²) < 4.78 is 26.1. The number of hydrogen-bond acceptors (Lipinski definition) is 6. The van der Waals surface area contributed by atoms with Gasteiger partial charge in [0.1, 0.15) is 10.7 Å². The average molecular weight is 251 g/mol. The highest BCUT2D eigenvalue weighted by atomic mass is 32.2. The standard InChI is InChI=1S/C9H9N5O2S/c10-9-7(3-1-5-11-9)17(15,16)14-8-4-2-6-12-13-8/h1-6H,(H2,10,11)(H,13,14). The van der Waals surface area contributed by atoms with Crippen LogP contribution in [0.3, 0.4) is 0 Å². The SMILES string of the molecule is Nc1ncccc1S(=O)(=O)Nc1cccnn1. The minimum absolute atomic E-state index is 0.0658. The Bertz CT molecular complexity index is 614. The first kappa shape index (κ1) is 11.3. The number of hydrogen-bond donors (Lipinski definition) is 2. The van der Waals surface area contributed by atoms with Crippen LogP contribution in [0, 0.1) is 0 Å². The molecule has 0 aliphatic carbocycles. The molecule has 2 heterocycles. The Hall–Kier alpha value is -2.22. The topological polar surface area (TPSA) is 111 Å². The van der Waals surface area contributed by atoms with Crippen LogP contribution < -0.4 is 10.5 Å². The fraction of sp³-hybridized carbons (Fsp3) is 0. The van der Waals surface area contributed by atoms with Crippen molar-refractivity contribution in [1.82, 2.24) is 15.2 Å². The first-order valence-corrected chi connectivity index (χ1v) is 6.09. The molecule has 0 radical (unpaired) electrons. The molecule has 8 heteroatoms. The lowest BCUT2D eigenvalue weighted by atomic mass is 10.5. The van der Waals surface area contributed by atoms with Crippen LogP contribution in [0.25, 0.3) is 0 Å². The van der Waals surface area contributed by atoms with Crippen molar-refractivity contribution in [2.24, 2.45) is 0 Å². The van der Waals surface area contributed by atoms with Gasteiger partial charge in [-0.3, -0.25) is 4.72 Å². The summed E-state index contributed by atoms with van der Waals surface area (Å²) in [7, 11) is -3.78. The molecule has 0 saturated heterocycles. The summed E-state index contributed by atoms with van der Waals surface area (Å²) in [6.07, 6.45) is 2.85. The molecule has 0 aliphatic heterocycles. The van der Waals surface area contributed by atoms with Gasteiger partial charge in [0.15, 0.2) is 5.82 Å². The summed E-state index contributed by atoms with van der Waals surface area (Å²) in [5.74, 6) is 0.0552. The smallest absolute Gasteiger partial charge is 0.266 e. The third-order valence-electron chi connectivity index (χ3n) is 1.90. The second-order valence-electron chi connectivity index (χ2n) is 3.10. The third-order valence-corrected chi connectivity index (χ3v) is 3.30. The van der Waals surface area contributed by atoms with Gasteiger partial charge in [-0.25, -0.2) is 13.4 Å². The number of sulfonamides is 1. The van der Waals surface area contributed by atoms with Crippen molar-refractivity contribution in [3.63, 3.8) is 0 Å². The van der Waals surface area contributed by atoms with E-state index >= 15 is 0 Å². The maximum Gasteiger partial charge on any atom is 0.266 e. The van der Waals surface area contributed by atoms with Gasteiger partial charge in [0.2, 0.25) is 0 Å². The summed E-state index contributed by atoms with van der Waals surface area (Å²) >= 11 is 0. The van der Waals surface area contributed by atoms with Gasteiger partial charge in [-0.2, -0.15) is 5.10 Å². The van der Waals surface area contributed by atoms with Gasteiger partial charge in [-0.05, 0) is 24.3 Å². The number of pyridine rings is 1. The number of anilines is 2. The van der Waals surface area contributed by atoms with Crippen LogP contribution in [0.5, 0.6) is 0 Å². The van der Waals surface area contributed by atoms with Crippen LogP contribution in [-0.4, -0.2) is 23.6 Å². The highest BCUT2D eigenvalue weighted by molar-refractivity contribution is 7.92. The van der Waals surface area contributed by atoms with Crippen LogP contribution in [0.1, 0.15) is 0 Å². The number of nitrogen functional groups attached to an aromatic ring is 1. The lowest BCUT2D eigenvalue weighted by molar-refractivity contribution is 0.601. The zero-order valence-corrected chi connectivity index (χ0v) is 9.42. The molecular formula is C9H9N5O2S. The molecule has 0 spiro atoms. The largest absolute Gasteiger partial charge is 0.383 e. The fourth-order valence-corrected chi connectivity index (χ4v) is 2.26. The second kappa shape index (κ2) is 4.34. The van der Waals surface area contributed by atoms with E-state index in [0.29, 0.717) is 0 Å². The lowest BCUT2D eigenvalue weighted by Crippen LogP contribution is -2.16.